The molecule has 1 saturated heterocycles. The lowest BCUT2D eigenvalue weighted by atomic mass is 10.0. The number of methoxy groups -OCH3 is 2. The van der Waals surface area contributed by atoms with Gasteiger partial charge in [0.15, 0.2) is 0 Å². The van der Waals surface area contributed by atoms with Gasteiger partial charge in [-0.1, -0.05) is 6.92 Å². The van der Waals surface area contributed by atoms with Crippen LogP contribution in [0.3, 0.4) is 0 Å². The summed E-state index contributed by atoms with van der Waals surface area (Å²) in [6, 6.07) is 0. The third-order valence-electron chi connectivity index (χ3n) is 2.63. The summed E-state index contributed by atoms with van der Waals surface area (Å²) in [7, 11) is 3.16. The summed E-state index contributed by atoms with van der Waals surface area (Å²) in [4.78, 5) is 0. The number of aliphatic hydroxyl groups is 1. The summed E-state index contributed by atoms with van der Waals surface area (Å²) in [6.45, 7) is 3.96. The molecule has 1 rings (SSSR count). The molecule has 0 spiro atoms. The van der Waals surface area contributed by atoms with Gasteiger partial charge in [0.1, 0.15) is 23.7 Å². The number of thioether (sulfide) groups is 1. The van der Waals surface area contributed by atoms with Crippen molar-refractivity contribution in [3.8, 4) is 0 Å². The molecule has 0 bridgehead atoms. The second-order valence-corrected chi connectivity index (χ2v) is 4.93. The quantitative estimate of drug-likeness (QED) is 0.785. The van der Waals surface area contributed by atoms with E-state index in [2.05, 4.69) is 6.92 Å². The van der Waals surface area contributed by atoms with E-state index in [-0.39, 0.29) is 23.7 Å². The average Bonchev–Trinajstić information content (AvgIpc) is 2.19. The van der Waals surface area contributed by atoms with Crippen LogP contribution in [-0.2, 0) is 14.2 Å². The first-order valence-corrected chi connectivity index (χ1v) is 6.21. The van der Waals surface area contributed by atoms with Crippen LogP contribution in [0, 0.1) is 0 Å². The SMILES string of the molecule is CCS[C@@H]1O[C@@H](C)[C@H](OC)[C@@H](O)[C@H]1OC. The third kappa shape index (κ3) is 2.85. The fourth-order valence-corrected chi connectivity index (χ4v) is 2.92. The maximum absolute atomic E-state index is 10.1. The highest BCUT2D eigenvalue weighted by atomic mass is 32.2. The van der Waals surface area contributed by atoms with Crippen LogP contribution in [0.25, 0.3) is 0 Å². The Balaban J connectivity index is 2.70. The van der Waals surface area contributed by atoms with Crippen LogP contribution in [-0.4, -0.2) is 54.9 Å². The first-order chi connectivity index (χ1) is 7.15. The first kappa shape index (κ1) is 13.3. The van der Waals surface area contributed by atoms with Crippen molar-refractivity contribution in [3.63, 3.8) is 0 Å². The van der Waals surface area contributed by atoms with Crippen molar-refractivity contribution in [1.82, 2.24) is 0 Å². The van der Waals surface area contributed by atoms with Gasteiger partial charge in [0.05, 0.1) is 6.10 Å². The highest BCUT2D eigenvalue weighted by Crippen LogP contribution is 2.30. The summed E-state index contributed by atoms with van der Waals surface area (Å²) in [5.74, 6) is 0.932. The Bertz CT molecular complexity index is 188. The Morgan fingerprint density at radius 1 is 1.27 bits per heavy atom. The molecule has 0 radical (unpaired) electrons. The molecule has 0 aromatic heterocycles. The molecule has 5 heteroatoms. The van der Waals surface area contributed by atoms with Gasteiger partial charge in [0, 0.05) is 14.2 Å². The molecule has 1 N–H and O–H groups in total. The molecule has 0 aromatic rings. The number of hydrogen-bond acceptors (Lipinski definition) is 5. The molecule has 0 amide bonds. The molecule has 4 nitrogen and oxygen atoms in total. The van der Waals surface area contributed by atoms with E-state index >= 15 is 0 Å². The zero-order valence-corrected chi connectivity index (χ0v) is 10.5. The van der Waals surface area contributed by atoms with Crippen LogP contribution < -0.4 is 0 Å². The Labute approximate surface area is 95.3 Å². The molecule has 0 saturated carbocycles. The van der Waals surface area contributed by atoms with E-state index in [0.29, 0.717) is 0 Å². The lowest BCUT2D eigenvalue weighted by Crippen LogP contribution is -2.57. The third-order valence-corrected chi connectivity index (χ3v) is 3.67. The van der Waals surface area contributed by atoms with E-state index < -0.39 is 6.10 Å². The molecular formula is C10H20O4S. The minimum absolute atomic E-state index is 0.111. The lowest BCUT2D eigenvalue weighted by molar-refractivity contribution is -0.208. The molecule has 1 fully saturated rings. The van der Waals surface area contributed by atoms with Gasteiger partial charge in [-0.15, -0.1) is 11.8 Å². The molecule has 5 atom stereocenters. The average molecular weight is 236 g/mol. The molecule has 0 aliphatic carbocycles. The van der Waals surface area contributed by atoms with Crippen molar-refractivity contribution in [1.29, 1.82) is 0 Å². The number of hydrogen-bond donors (Lipinski definition) is 1. The van der Waals surface area contributed by atoms with E-state index in [1.807, 2.05) is 6.92 Å². The van der Waals surface area contributed by atoms with Crippen molar-refractivity contribution >= 4 is 11.8 Å². The lowest BCUT2D eigenvalue weighted by Gasteiger charge is -2.42. The molecule has 1 aliphatic heterocycles. The molecule has 90 valence electrons. The molecule has 1 aliphatic rings. The molecule has 15 heavy (non-hydrogen) atoms. The fourth-order valence-electron chi connectivity index (χ4n) is 1.87. The minimum atomic E-state index is -0.632. The van der Waals surface area contributed by atoms with E-state index in [1.54, 1.807) is 26.0 Å². The van der Waals surface area contributed by atoms with Crippen molar-refractivity contribution in [2.75, 3.05) is 20.0 Å². The molecule has 1 heterocycles. The van der Waals surface area contributed by atoms with Gasteiger partial charge in [-0.2, -0.15) is 0 Å². The van der Waals surface area contributed by atoms with E-state index in [1.165, 1.54) is 0 Å². The molecule has 0 unspecified atom stereocenters. The van der Waals surface area contributed by atoms with E-state index in [0.717, 1.165) is 5.75 Å². The van der Waals surface area contributed by atoms with Gasteiger partial charge in [-0.25, -0.2) is 0 Å². The van der Waals surface area contributed by atoms with Crippen molar-refractivity contribution < 1.29 is 19.3 Å². The summed E-state index contributed by atoms with van der Waals surface area (Å²) < 4.78 is 16.2. The van der Waals surface area contributed by atoms with Gasteiger partial charge in [0.25, 0.3) is 0 Å². The predicted octanol–water partition coefficient (Wildman–Crippen LogP) is 0.875. The monoisotopic (exact) mass is 236 g/mol. The fraction of sp³-hybridized carbons (Fsp3) is 1.00. The van der Waals surface area contributed by atoms with Gasteiger partial charge in [-0.05, 0) is 12.7 Å². The van der Waals surface area contributed by atoms with Crippen molar-refractivity contribution in [3.05, 3.63) is 0 Å². The summed E-state index contributed by atoms with van der Waals surface area (Å²) in [6.07, 6.45) is -1.38. The Kier molecular flexibility index (Phi) is 5.35. The zero-order chi connectivity index (χ0) is 11.4. The van der Waals surface area contributed by atoms with Crippen molar-refractivity contribution in [2.45, 2.75) is 43.7 Å². The van der Waals surface area contributed by atoms with Gasteiger partial charge in [0.2, 0.25) is 0 Å². The Morgan fingerprint density at radius 2 is 1.87 bits per heavy atom. The predicted molar refractivity (Wildman–Crippen MR) is 60.1 cm³/mol. The van der Waals surface area contributed by atoms with Crippen LogP contribution in [0.4, 0.5) is 0 Å². The number of aliphatic hydroxyl groups excluding tert-OH is 1. The summed E-state index contributed by atoms with van der Waals surface area (Å²) >= 11 is 1.64. The smallest absolute Gasteiger partial charge is 0.132 e. The number of rotatable bonds is 4. The largest absolute Gasteiger partial charge is 0.387 e. The van der Waals surface area contributed by atoms with E-state index in [9.17, 15) is 5.11 Å². The van der Waals surface area contributed by atoms with Crippen LogP contribution in [0.5, 0.6) is 0 Å². The normalized spacial score (nSPS) is 41.8. The Hall–Kier alpha value is 0.190. The number of ether oxygens (including phenoxy) is 3. The molecular weight excluding hydrogens is 216 g/mol. The zero-order valence-electron chi connectivity index (χ0n) is 9.67. The Morgan fingerprint density at radius 3 is 2.33 bits per heavy atom. The van der Waals surface area contributed by atoms with Gasteiger partial charge >= 0.3 is 0 Å². The summed E-state index contributed by atoms with van der Waals surface area (Å²) in [5.41, 5.74) is -0.114. The molecule has 0 aromatic carbocycles. The first-order valence-electron chi connectivity index (χ1n) is 5.16. The maximum atomic E-state index is 10.1. The van der Waals surface area contributed by atoms with Crippen LogP contribution in [0.15, 0.2) is 0 Å². The standard InChI is InChI=1S/C10H20O4S/c1-5-15-10-9(13-4)7(11)8(12-3)6(2)14-10/h6-11H,5H2,1-4H3/t6-,7+,8-,9+,10-/m0/s1. The maximum Gasteiger partial charge on any atom is 0.132 e. The minimum Gasteiger partial charge on any atom is -0.387 e. The van der Waals surface area contributed by atoms with Crippen LogP contribution in [0.2, 0.25) is 0 Å². The van der Waals surface area contributed by atoms with Crippen molar-refractivity contribution in [2.24, 2.45) is 0 Å². The highest BCUT2D eigenvalue weighted by Gasteiger charge is 2.43. The second-order valence-electron chi connectivity index (χ2n) is 3.56. The highest BCUT2D eigenvalue weighted by molar-refractivity contribution is 7.99. The van der Waals surface area contributed by atoms with Gasteiger partial charge in [-0.3, -0.25) is 0 Å². The van der Waals surface area contributed by atoms with Crippen LogP contribution >= 0.6 is 11.8 Å². The van der Waals surface area contributed by atoms with Gasteiger partial charge < -0.3 is 19.3 Å². The summed E-state index contributed by atoms with van der Waals surface area (Å²) in [5, 5.41) is 10.1. The van der Waals surface area contributed by atoms with Crippen LogP contribution in [0.1, 0.15) is 13.8 Å². The topological polar surface area (TPSA) is 47.9 Å². The second kappa shape index (κ2) is 6.06. The van der Waals surface area contributed by atoms with E-state index in [4.69, 9.17) is 14.2 Å².